The lowest BCUT2D eigenvalue weighted by molar-refractivity contribution is 0.350. The van der Waals surface area contributed by atoms with Gasteiger partial charge < -0.3 is 24.5 Å². The quantitative estimate of drug-likeness (QED) is 0.626. The Hall–Kier alpha value is -2.82. The summed E-state index contributed by atoms with van der Waals surface area (Å²) in [6.45, 7) is 3.45. The standard InChI is InChI=1S/C17H16O5/c1-8-11(7-14(21-3)16(20)15(8)19)13-6-10-4-5-12(18)9(2)17(10)22-13/h4-7,18-20H,1-3H3. The number of hydrogen-bond acceptors (Lipinski definition) is 5. The average Bonchev–Trinajstić information content (AvgIpc) is 2.94. The van der Waals surface area contributed by atoms with Crippen LogP contribution in [0.2, 0.25) is 0 Å². The van der Waals surface area contributed by atoms with E-state index in [1.165, 1.54) is 7.11 Å². The van der Waals surface area contributed by atoms with Crippen molar-refractivity contribution in [2.45, 2.75) is 13.8 Å². The number of methoxy groups -OCH3 is 1. The van der Waals surface area contributed by atoms with E-state index in [2.05, 4.69) is 0 Å². The van der Waals surface area contributed by atoms with Crippen molar-refractivity contribution in [2.75, 3.05) is 7.11 Å². The Morgan fingerprint density at radius 1 is 0.955 bits per heavy atom. The first-order valence-electron chi connectivity index (χ1n) is 6.76. The van der Waals surface area contributed by atoms with E-state index in [9.17, 15) is 15.3 Å². The van der Waals surface area contributed by atoms with Gasteiger partial charge in [-0.3, -0.25) is 0 Å². The number of phenols is 3. The van der Waals surface area contributed by atoms with Gasteiger partial charge in [-0.2, -0.15) is 0 Å². The summed E-state index contributed by atoms with van der Waals surface area (Å²) in [6.07, 6.45) is 0. The highest BCUT2D eigenvalue weighted by Crippen LogP contribution is 2.44. The molecular formula is C17H16O5. The molecule has 1 heterocycles. The normalized spacial score (nSPS) is 11.0. The second-order valence-electron chi connectivity index (χ2n) is 5.19. The highest BCUT2D eigenvalue weighted by Gasteiger charge is 2.19. The maximum Gasteiger partial charge on any atom is 0.200 e. The van der Waals surface area contributed by atoms with Crippen LogP contribution >= 0.6 is 0 Å². The number of aromatic hydroxyl groups is 3. The highest BCUT2D eigenvalue weighted by molar-refractivity contribution is 5.88. The summed E-state index contributed by atoms with van der Waals surface area (Å²) in [7, 11) is 1.41. The first-order chi connectivity index (χ1) is 10.4. The van der Waals surface area contributed by atoms with E-state index < -0.39 is 0 Å². The Balaban J connectivity index is 2.28. The molecule has 2 aromatic carbocycles. The van der Waals surface area contributed by atoms with Crippen molar-refractivity contribution in [2.24, 2.45) is 0 Å². The zero-order valence-electron chi connectivity index (χ0n) is 12.5. The minimum atomic E-state index is -0.298. The molecule has 0 radical (unpaired) electrons. The molecule has 22 heavy (non-hydrogen) atoms. The van der Waals surface area contributed by atoms with Crippen LogP contribution in [0.4, 0.5) is 0 Å². The van der Waals surface area contributed by atoms with Gasteiger partial charge in [-0.25, -0.2) is 0 Å². The largest absolute Gasteiger partial charge is 0.508 e. The van der Waals surface area contributed by atoms with Gasteiger partial charge in [0.2, 0.25) is 5.75 Å². The van der Waals surface area contributed by atoms with E-state index in [4.69, 9.17) is 9.15 Å². The molecule has 0 atom stereocenters. The van der Waals surface area contributed by atoms with Crippen LogP contribution in [-0.2, 0) is 0 Å². The topological polar surface area (TPSA) is 83.1 Å². The van der Waals surface area contributed by atoms with E-state index in [1.54, 1.807) is 32.0 Å². The molecule has 0 aliphatic heterocycles. The minimum Gasteiger partial charge on any atom is -0.508 e. The van der Waals surface area contributed by atoms with Crippen molar-refractivity contribution in [3.8, 4) is 34.3 Å². The van der Waals surface area contributed by atoms with Gasteiger partial charge in [-0.15, -0.1) is 0 Å². The highest BCUT2D eigenvalue weighted by atomic mass is 16.5. The van der Waals surface area contributed by atoms with E-state index in [1.807, 2.05) is 6.07 Å². The van der Waals surface area contributed by atoms with Crippen LogP contribution in [0.15, 0.2) is 28.7 Å². The third-order valence-corrected chi connectivity index (χ3v) is 3.88. The fourth-order valence-corrected chi connectivity index (χ4v) is 2.51. The molecule has 0 saturated heterocycles. The van der Waals surface area contributed by atoms with Crippen molar-refractivity contribution in [3.05, 3.63) is 35.4 Å². The zero-order valence-corrected chi connectivity index (χ0v) is 12.5. The summed E-state index contributed by atoms with van der Waals surface area (Å²) in [5.74, 6) is 0.312. The number of phenolic OH excluding ortho intramolecular Hbond substituents is 3. The molecule has 0 spiro atoms. The molecule has 5 nitrogen and oxygen atoms in total. The van der Waals surface area contributed by atoms with Crippen molar-refractivity contribution in [1.29, 1.82) is 0 Å². The summed E-state index contributed by atoms with van der Waals surface area (Å²) in [6, 6.07) is 6.80. The average molecular weight is 300 g/mol. The Morgan fingerprint density at radius 3 is 2.36 bits per heavy atom. The van der Waals surface area contributed by atoms with Crippen LogP contribution < -0.4 is 4.74 Å². The summed E-state index contributed by atoms with van der Waals surface area (Å²) >= 11 is 0. The van der Waals surface area contributed by atoms with Gasteiger partial charge in [-0.05, 0) is 38.1 Å². The fraction of sp³-hybridized carbons (Fsp3) is 0.176. The molecule has 0 saturated carbocycles. The van der Waals surface area contributed by atoms with Crippen molar-refractivity contribution in [3.63, 3.8) is 0 Å². The fourth-order valence-electron chi connectivity index (χ4n) is 2.51. The maximum absolute atomic E-state index is 10.0. The molecular weight excluding hydrogens is 284 g/mol. The molecule has 1 aromatic heterocycles. The molecule has 5 heteroatoms. The van der Waals surface area contributed by atoms with Crippen molar-refractivity contribution < 1.29 is 24.5 Å². The lowest BCUT2D eigenvalue weighted by atomic mass is 10.0. The van der Waals surface area contributed by atoms with Crippen LogP contribution in [0.25, 0.3) is 22.3 Å². The van der Waals surface area contributed by atoms with Gasteiger partial charge in [0.1, 0.15) is 17.1 Å². The van der Waals surface area contributed by atoms with Crippen LogP contribution in [0.1, 0.15) is 11.1 Å². The van der Waals surface area contributed by atoms with Gasteiger partial charge in [0.25, 0.3) is 0 Å². The maximum atomic E-state index is 10.0. The monoisotopic (exact) mass is 300 g/mol. The predicted octanol–water partition coefficient (Wildman–Crippen LogP) is 3.84. The van der Waals surface area contributed by atoms with Gasteiger partial charge >= 0.3 is 0 Å². The molecule has 114 valence electrons. The number of hydrogen-bond donors (Lipinski definition) is 3. The summed E-state index contributed by atoms with van der Waals surface area (Å²) in [5, 5.41) is 30.5. The van der Waals surface area contributed by atoms with Crippen LogP contribution in [-0.4, -0.2) is 22.4 Å². The van der Waals surface area contributed by atoms with Gasteiger partial charge in [0, 0.05) is 22.1 Å². The number of fused-ring (bicyclic) bond motifs is 1. The number of benzene rings is 2. The third-order valence-electron chi connectivity index (χ3n) is 3.88. The second-order valence-corrected chi connectivity index (χ2v) is 5.19. The molecule has 3 N–H and O–H groups in total. The Bertz CT molecular complexity index is 877. The van der Waals surface area contributed by atoms with Crippen molar-refractivity contribution in [1.82, 2.24) is 0 Å². The van der Waals surface area contributed by atoms with Gasteiger partial charge in [0.05, 0.1) is 7.11 Å². The predicted molar refractivity (Wildman–Crippen MR) is 82.7 cm³/mol. The van der Waals surface area contributed by atoms with Crippen LogP contribution in [0.3, 0.4) is 0 Å². The number of rotatable bonds is 2. The number of ether oxygens (including phenoxy) is 1. The Labute approximate surface area is 127 Å². The lowest BCUT2D eigenvalue weighted by Crippen LogP contribution is -1.89. The molecule has 0 unspecified atom stereocenters. The van der Waals surface area contributed by atoms with Crippen LogP contribution in [0, 0.1) is 13.8 Å². The second kappa shape index (κ2) is 4.87. The van der Waals surface area contributed by atoms with E-state index >= 15 is 0 Å². The van der Waals surface area contributed by atoms with E-state index in [0.29, 0.717) is 28.0 Å². The Morgan fingerprint density at radius 2 is 1.68 bits per heavy atom. The SMILES string of the molecule is COc1cc(-c2cc3ccc(O)c(C)c3o2)c(C)c(O)c1O. The molecule has 0 fully saturated rings. The molecule has 0 aliphatic rings. The smallest absolute Gasteiger partial charge is 0.200 e. The first-order valence-corrected chi connectivity index (χ1v) is 6.76. The number of aryl methyl sites for hydroxylation is 1. The summed E-state index contributed by atoms with van der Waals surface area (Å²) in [5.41, 5.74) is 2.33. The third kappa shape index (κ3) is 1.94. The van der Waals surface area contributed by atoms with E-state index in [0.717, 1.165) is 5.39 Å². The summed E-state index contributed by atoms with van der Waals surface area (Å²) < 4.78 is 10.9. The first kappa shape index (κ1) is 14.1. The zero-order chi connectivity index (χ0) is 16.0. The molecule has 3 rings (SSSR count). The molecule has 0 aliphatic carbocycles. The van der Waals surface area contributed by atoms with Crippen molar-refractivity contribution >= 4 is 11.0 Å². The lowest BCUT2D eigenvalue weighted by Gasteiger charge is -2.11. The molecule has 3 aromatic rings. The number of furan rings is 1. The van der Waals surface area contributed by atoms with E-state index in [-0.39, 0.29) is 23.0 Å². The minimum absolute atomic E-state index is 0.163. The molecule has 0 amide bonds. The van der Waals surface area contributed by atoms with Gasteiger partial charge in [0.15, 0.2) is 11.5 Å². The summed E-state index contributed by atoms with van der Waals surface area (Å²) in [4.78, 5) is 0. The molecule has 0 bridgehead atoms. The Kier molecular flexibility index (Phi) is 3.13. The van der Waals surface area contributed by atoms with Gasteiger partial charge in [-0.1, -0.05) is 0 Å². The van der Waals surface area contributed by atoms with Crippen LogP contribution in [0.5, 0.6) is 23.0 Å².